The predicted molar refractivity (Wildman–Crippen MR) is 82.0 cm³/mol. The average Bonchev–Trinajstić information content (AvgIpc) is 2.92. The Hall–Kier alpha value is -2.49. The Morgan fingerprint density at radius 3 is 2.71 bits per heavy atom. The van der Waals surface area contributed by atoms with Crippen molar-refractivity contribution in [2.75, 3.05) is 19.4 Å². The van der Waals surface area contributed by atoms with Crippen LogP contribution >= 0.6 is 0 Å². The maximum atomic E-state index is 12.6. The van der Waals surface area contributed by atoms with Crippen LogP contribution in [0.2, 0.25) is 0 Å². The van der Waals surface area contributed by atoms with Gasteiger partial charge >= 0.3 is 0 Å². The molecule has 2 aromatic carbocycles. The Bertz CT molecular complexity index is 652. The van der Waals surface area contributed by atoms with Gasteiger partial charge in [0.25, 0.3) is 0 Å². The van der Waals surface area contributed by atoms with Gasteiger partial charge in [-0.15, -0.1) is 0 Å². The minimum atomic E-state index is -0.208. The van der Waals surface area contributed by atoms with Crippen LogP contribution in [0.15, 0.2) is 48.5 Å². The lowest BCUT2D eigenvalue weighted by Crippen LogP contribution is -2.32. The fourth-order valence-electron chi connectivity index (χ4n) is 2.61. The lowest BCUT2D eigenvalue weighted by Gasteiger charge is -2.20. The van der Waals surface area contributed by atoms with Gasteiger partial charge < -0.3 is 15.4 Å². The van der Waals surface area contributed by atoms with E-state index in [-0.39, 0.29) is 11.8 Å². The number of ether oxygens (including phenoxy) is 1. The number of carbonyl (C=O) groups is 1. The number of benzene rings is 2. The minimum absolute atomic E-state index is 0.0803. The summed E-state index contributed by atoms with van der Waals surface area (Å²) < 4.78 is 5.58. The van der Waals surface area contributed by atoms with Crippen LogP contribution in [0.1, 0.15) is 17.0 Å². The summed E-state index contributed by atoms with van der Waals surface area (Å²) in [5.74, 6) is 0.688. The molecule has 4 nitrogen and oxygen atoms in total. The highest BCUT2D eigenvalue weighted by Crippen LogP contribution is 2.34. The number of hydrogen-bond donors (Lipinski definition) is 1. The maximum Gasteiger partial charge on any atom is 0.233 e. The third-order valence-electron chi connectivity index (χ3n) is 3.77. The molecule has 21 heavy (non-hydrogen) atoms. The van der Waals surface area contributed by atoms with Gasteiger partial charge in [-0.1, -0.05) is 30.3 Å². The molecule has 0 bridgehead atoms. The first-order valence-electron chi connectivity index (χ1n) is 6.96. The number of nitrogens with two attached hydrogens (primary N) is 1. The first-order chi connectivity index (χ1) is 10.1. The lowest BCUT2D eigenvalue weighted by molar-refractivity contribution is -0.132. The fourth-order valence-corrected chi connectivity index (χ4v) is 2.61. The van der Waals surface area contributed by atoms with E-state index in [1.54, 1.807) is 4.90 Å². The Morgan fingerprint density at radius 2 is 1.95 bits per heavy atom. The van der Waals surface area contributed by atoms with E-state index in [9.17, 15) is 4.79 Å². The summed E-state index contributed by atoms with van der Waals surface area (Å²) in [4.78, 5) is 14.3. The molecular formula is C17H18N2O2. The SMILES string of the molecule is CN(Cc1ccc(N)cc1)C(=O)C1COc2ccccc21. The minimum Gasteiger partial charge on any atom is -0.492 e. The zero-order valence-corrected chi connectivity index (χ0v) is 12.0. The van der Waals surface area contributed by atoms with Crippen LogP contribution < -0.4 is 10.5 Å². The molecule has 0 radical (unpaired) electrons. The predicted octanol–water partition coefficient (Wildman–Crippen LogP) is 2.40. The van der Waals surface area contributed by atoms with E-state index >= 15 is 0 Å². The van der Waals surface area contributed by atoms with Gasteiger partial charge in [-0.05, 0) is 23.8 Å². The van der Waals surface area contributed by atoms with Gasteiger partial charge in [0.1, 0.15) is 18.3 Å². The zero-order chi connectivity index (χ0) is 14.8. The van der Waals surface area contributed by atoms with Crippen LogP contribution in [0, 0.1) is 0 Å². The molecule has 2 aromatic rings. The number of fused-ring (bicyclic) bond motifs is 1. The van der Waals surface area contributed by atoms with E-state index in [1.165, 1.54) is 0 Å². The van der Waals surface area contributed by atoms with E-state index in [2.05, 4.69) is 0 Å². The van der Waals surface area contributed by atoms with Crippen LogP contribution in [0.5, 0.6) is 5.75 Å². The zero-order valence-electron chi connectivity index (χ0n) is 12.0. The number of nitrogens with zero attached hydrogens (tertiary/aromatic N) is 1. The second-order valence-electron chi connectivity index (χ2n) is 5.34. The number of amides is 1. The molecule has 0 spiro atoms. The van der Waals surface area contributed by atoms with Crippen molar-refractivity contribution in [1.29, 1.82) is 0 Å². The van der Waals surface area contributed by atoms with Gasteiger partial charge in [0.05, 0.1) is 0 Å². The van der Waals surface area contributed by atoms with E-state index < -0.39 is 0 Å². The molecule has 1 amide bonds. The van der Waals surface area contributed by atoms with Crippen LogP contribution in [0.25, 0.3) is 0 Å². The van der Waals surface area contributed by atoms with Gasteiger partial charge in [-0.3, -0.25) is 4.79 Å². The standard InChI is InChI=1S/C17H18N2O2/c1-19(10-12-6-8-13(18)9-7-12)17(20)15-11-21-16-5-3-2-4-14(15)16/h2-9,15H,10-11,18H2,1H3. The van der Waals surface area contributed by atoms with Crippen LogP contribution in [0.4, 0.5) is 5.69 Å². The number of hydrogen-bond acceptors (Lipinski definition) is 3. The summed E-state index contributed by atoms with van der Waals surface area (Å²) >= 11 is 0. The van der Waals surface area contributed by atoms with Gasteiger partial charge in [-0.25, -0.2) is 0 Å². The Kier molecular flexibility index (Phi) is 3.52. The highest BCUT2D eigenvalue weighted by atomic mass is 16.5. The van der Waals surface area contributed by atoms with Crippen molar-refractivity contribution in [3.63, 3.8) is 0 Å². The molecule has 108 valence electrons. The van der Waals surface area contributed by atoms with Crippen molar-refractivity contribution >= 4 is 11.6 Å². The number of carbonyl (C=O) groups excluding carboxylic acids is 1. The quantitative estimate of drug-likeness (QED) is 0.880. The molecule has 1 unspecified atom stereocenters. The molecule has 1 atom stereocenters. The van der Waals surface area contributed by atoms with Crippen molar-refractivity contribution in [2.45, 2.75) is 12.5 Å². The topological polar surface area (TPSA) is 55.6 Å². The normalized spacial score (nSPS) is 16.1. The molecular weight excluding hydrogens is 264 g/mol. The molecule has 3 rings (SSSR count). The molecule has 0 fully saturated rings. The van der Waals surface area contributed by atoms with Crippen molar-refractivity contribution in [3.05, 3.63) is 59.7 Å². The van der Waals surface area contributed by atoms with Crippen LogP contribution in [-0.2, 0) is 11.3 Å². The van der Waals surface area contributed by atoms with Gasteiger partial charge in [0.15, 0.2) is 0 Å². The van der Waals surface area contributed by atoms with Crippen molar-refractivity contribution in [1.82, 2.24) is 4.90 Å². The third kappa shape index (κ3) is 2.70. The number of likely N-dealkylation sites (N-methyl/N-ethyl adjacent to an activating group) is 1. The second kappa shape index (κ2) is 5.48. The fraction of sp³-hybridized carbons (Fsp3) is 0.235. The van der Waals surface area contributed by atoms with Crippen LogP contribution in [-0.4, -0.2) is 24.5 Å². The summed E-state index contributed by atoms with van der Waals surface area (Å²) in [6, 6.07) is 15.3. The third-order valence-corrected chi connectivity index (χ3v) is 3.77. The monoisotopic (exact) mass is 282 g/mol. The summed E-state index contributed by atoms with van der Waals surface area (Å²) in [7, 11) is 1.82. The number of anilines is 1. The molecule has 2 N–H and O–H groups in total. The van der Waals surface area contributed by atoms with E-state index in [0.717, 1.165) is 22.6 Å². The summed E-state index contributed by atoms with van der Waals surface area (Å²) in [6.45, 7) is 0.988. The van der Waals surface area contributed by atoms with Crippen molar-refractivity contribution in [2.24, 2.45) is 0 Å². The second-order valence-corrected chi connectivity index (χ2v) is 5.34. The molecule has 1 aliphatic heterocycles. The van der Waals surface area contributed by atoms with E-state index in [0.29, 0.717) is 13.2 Å². The largest absolute Gasteiger partial charge is 0.492 e. The average molecular weight is 282 g/mol. The molecule has 0 saturated heterocycles. The Morgan fingerprint density at radius 1 is 1.24 bits per heavy atom. The highest BCUT2D eigenvalue weighted by Gasteiger charge is 2.31. The number of nitrogen functional groups attached to an aromatic ring is 1. The lowest BCUT2D eigenvalue weighted by atomic mass is 10.00. The van der Waals surface area contributed by atoms with Gasteiger partial charge in [0.2, 0.25) is 5.91 Å². The molecule has 0 saturated carbocycles. The van der Waals surface area contributed by atoms with Crippen molar-refractivity contribution < 1.29 is 9.53 Å². The highest BCUT2D eigenvalue weighted by molar-refractivity contribution is 5.85. The number of rotatable bonds is 3. The molecule has 1 aliphatic rings. The van der Waals surface area contributed by atoms with E-state index in [4.69, 9.17) is 10.5 Å². The maximum absolute atomic E-state index is 12.6. The van der Waals surface area contributed by atoms with E-state index in [1.807, 2.05) is 55.6 Å². The van der Waals surface area contributed by atoms with Gasteiger partial charge in [-0.2, -0.15) is 0 Å². The molecule has 1 heterocycles. The Labute approximate surface area is 124 Å². The van der Waals surface area contributed by atoms with Gasteiger partial charge in [0, 0.05) is 24.8 Å². The smallest absolute Gasteiger partial charge is 0.233 e. The first kappa shape index (κ1) is 13.5. The summed E-state index contributed by atoms with van der Waals surface area (Å²) in [6.07, 6.45) is 0. The first-order valence-corrected chi connectivity index (χ1v) is 6.96. The summed E-state index contributed by atoms with van der Waals surface area (Å²) in [5.41, 5.74) is 8.44. The molecule has 4 heteroatoms. The Balaban J connectivity index is 1.72. The number of para-hydroxylation sites is 1. The van der Waals surface area contributed by atoms with Crippen LogP contribution in [0.3, 0.4) is 0 Å². The molecule has 0 aliphatic carbocycles. The van der Waals surface area contributed by atoms with Crippen molar-refractivity contribution in [3.8, 4) is 5.75 Å². The molecule has 0 aromatic heterocycles. The summed E-state index contributed by atoms with van der Waals surface area (Å²) in [5, 5.41) is 0.